The zero-order valence-corrected chi connectivity index (χ0v) is 21.1. The summed E-state index contributed by atoms with van der Waals surface area (Å²) in [7, 11) is 0. The lowest BCUT2D eigenvalue weighted by Gasteiger charge is -2.09. The van der Waals surface area contributed by atoms with Crippen LogP contribution in [0.2, 0.25) is 0 Å². The van der Waals surface area contributed by atoms with Crippen molar-refractivity contribution < 1.29 is 18.9 Å². The first kappa shape index (κ1) is 28.9. The number of ether oxygens (including phenoxy) is 4. The molecule has 0 saturated carbocycles. The third-order valence-electron chi connectivity index (χ3n) is 5.63. The molecular formula is C28H50O4. The first-order chi connectivity index (χ1) is 15.9. The molecule has 0 saturated heterocycles. The first-order valence-electron chi connectivity index (χ1n) is 13.3. The lowest BCUT2D eigenvalue weighted by molar-refractivity contribution is 0.00878. The average Bonchev–Trinajstić information content (AvgIpc) is 2.82. The molecule has 0 atom stereocenters. The Hall–Kier alpha value is -1.10. The molecule has 0 unspecified atom stereocenters. The van der Waals surface area contributed by atoms with Crippen LogP contribution in [0.1, 0.15) is 96.5 Å². The summed E-state index contributed by atoms with van der Waals surface area (Å²) in [4.78, 5) is 0. The van der Waals surface area contributed by atoms with E-state index in [0.717, 1.165) is 18.8 Å². The van der Waals surface area contributed by atoms with Crippen molar-refractivity contribution in [3.05, 3.63) is 29.8 Å². The molecule has 0 amide bonds. The van der Waals surface area contributed by atoms with Crippen molar-refractivity contribution >= 4 is 0 Å². The quantitative estimate of drug-likeness (QED) is 0.154. The molecule has 186 valence electrons. The van der Waals surface area contributed by atoms with Gasteiger partial charge in [-0.25, -0.2) is 0 Å². The maximum atomic E-state index is 5.76. The van der Waals surface area contributed by atoms with E-state index in [1.165, 1.54) is 82.6 Å². The second kappa shape index (κ2) is 23.1. The molecule has 0 radical (unpaired) electrons. The molecule has 1 rings (SSSR count). The molecule has 0 aliphatic carbocycles. The number of benzene rings is 1. The van der Waals surface area contributed by atoms with E-state index in [0.29, 0.717) is 39.6 Å². The van der Waals surface area contributed by atoms with Crippen LogP contribution in [0, 0.1) is 0 Å². The van der Waals surface area contributed by atoms with Crippen molar-refractivity contribution in [3.8, 4) is 5.75 Å². The van der Waals surface area contributed by atoms with Crippen molar-refractivity contribution in [2.24, 2.45) is 0 Å². The van der Waals surface area contributed by atoms with Gasteiger partial charge in [-0.3, -0.25) is 0 Å². The first-order valence-corrected chi connectivity index (χ1v) is 13.3. The summed E-state index contributed by atoms with van der Waals surface area (Å²) in [6.45, 7) is 9.02. The van der Waals surface area contributed by atoms with E-state index >= 15 is 0 Å². The van der Waals surface area contributed by atoms with Crippen molar-refractivity contribution in [2.45, 2.75) is 97.3 Å². The van der Waals surface area contributed by atoms with Crippen LogP contribution in [0.15, 0.2) is 24.3 Å². The van der Waals surface area contributed by atoms with Gasteiger partial charge in [-0.1, -0.05) is 90.2 Å². The molecule has 0 heterocycles. The number of unbranched alkanes of at least 4 members (excludes halogenated alkanes) is 10. The van der Waals surface area contributed by atoms with Gasteiger partial charge < -0.3 is 18.9 Å². The van der Waals surface area contributed by atoms with Crippen LogP contribution < -0.4 is 4.74 Å². The molecule has 0 spiro atoms. The van der Waals surface area contributed by atoms with Gasteiger partial charge >= 0.3 is 0 Å². The molecule has 1 aromatic rings. The Kier molecular flexibility index (Phi) is 20.9. The summed E-state index contributed by atoms with van der Waals surface area (Å²) in [6.07, 6.45) is 17.0. The van der Waals surface area contributed by atoms with Crippen LogP contribution >= 0.6 is 0 Å². The third-order valence-corrected chi connectivity index (χ3v) is 5.63. The Labute approximate surface area is 198 Å². The van der Waals surface area contributed by atoms with Crippen LogP contribution in [0.3, 0.4) is 0 Å². The third kappa shape index (κ3) is 18.5. The maximum Gasteiger partial charge on any atom is 0.119 e. The lowest BCUT2D eigenvalue weighted by Crippen LogP contribution is -2.13. The van der Waals surface area contributed by atoms with Crippen LogP contribution in [0.5, 0.6) is 5.75 Å². The van der Waals surface area contributed by atoms with Gasteiger partial charge in [0.2, 0.25) is 0 Å². The van der Waals surface area contributed by atoms with E-state index < -0.39 is 0 Å². The topological polar surface area (TPSA) is 36.9 Å². The molecule has 0 aliphatic rings. The average molecular weight is 451 g/mol. The van der Waals surface area contributed by atoms with Gasteiger partial charge in [0, 0.05) is 6.61 Å². The second-order valence-electron chi connectivity index (χ2n) is 8.62. The van der Waals surface area contributed by atoms with Crippen molar-refractivity contribution in [1.29, 1.82) is 0 Å². The minimum absolute atomic E-state index is 0.568. The van der Waals surface area contributed by atoms with E-state index in [2.05, 4.69) is 38.1 Å². The van der Waals surface area contributed by atoms with Gasteiger partial charge in [-0.15, -0.1) is 0 Å². The van der Waals surface area contributed by atoms with Crippen molar-refractivity contribution in [1.82, 2.24) is 0 Å². The molecule has 32 heavy (non-hydrogen) atoms. The highest BCUT2D eigenvalue weighted by molar-refractivity contribution is 5.27. The largest absolute Gasteiger partial charge is 0.491 e. The Morgan fingerprint density at radius 1 is 0.469 bits per heavy atom. The highest BCUT2D eigenvalue weighted by atomic mass is 16.6. The number of hydrogen-bond acceptors (Lipinski definition) is 4. The molecule has 1 aromatic carbocycles. The maximum absolute atomic E-state index is 5.76. The van der Waals surface area contributed by atoms with E-state index in [-0.39, 0.29) is 0 Å². The monoisotopic (exact) mass is 450 g/mol. The summed E-state index contributed by atoms with van der Waals surface area (Å²) < 4.78 is 22.5. The van der Waals surface area contributed by atoms with Crippen LogP contribution in [-0.4, -0.2) is 46.2 Å². The molecule has 0 fully saturated rings. The Balaban J connectivity index is 1.84. The number of rotatable bonds is 24. The summed E-state index contributed by atoms with van der Waals surface area (Å²) in [5.41, 5.74) is 1.40. The van der Waals surface area contributed by atoms with Crippen LogP contribution in [0.4, 0.5) is 0 Å². The van der Waals surface area contributed by atoms with Crippen LogP contribution in [0.25, 0.3) is 0 Å². The molecule has 0 bridgehead atoms. The predicted molar refractivity (Wildman–Crippen MR) is 135 cm³/mol. The smallest absolute Gasteiger partial charge is 0.119 e. The molecule has 0 aromatic heterocycles. The van der Waals surface area contributed by atoms with Gasteiger partial charge in [-0.05, 0) is 37.0 Å². The highest BCUT2D eigenvalue weighted by Gasteiger charge is 1.98. The summed E-state index contributed by atoms with van der Waals surface area (Å²) >= 11 is 0. The van der Waals surface area contributed by atoms with E-state index in [4.69, 9.17) is 18.9 Å². The van der Waals surface area contributed by atoms with Crippen molar-refractivity contribution in [3.63, 3.8) is 0 Å². The van der Waals surface area contributed by atoms with E-state index in [9.17, 15) is 0 Å². The fourth-order valence-electron chi connectivity index (χ4n) is 3.61. The summed E-state index contributed by atoms with van der Waals surface area (Å²) in [6, 6.07) is 8.51. The Bertz CT molecular complexity index is 489. The van der Waals surface area contributed by atoms with Gasteiger partial charge in [-0.2, -0.15) is 0 Å². The van der Waals surface area contributed by atoms with E-state index in [1.807, 2.05) is 0 Å². The normalized spacial score (nSPS) is 11.2. The minimum Gasteiger partial charge on any atom is -0.491 e. The molecule has 4 heteroatoms. The molecule has 0 aliphatic heterocycles. The van der Waals surface area contributed by atoms with Gasteiger partial charge in [0.15, 0.2) is 0 Å². The number of hydrogen-bond donors (Lipinski definition) is 0. The molecule has 4 nitrogen and oxygen atoms in total. The minimum atomic E-state index is 0.568. The molecular weight excluding hydrogens is 400 g/mol. The fraction of sp³-hybridized carbons (Fsp3) is 0.786. The fourth-order valence-corrected chi connectivity index (χ4v) is 3.61. The summed E-state index contributed by atoms with van der Waals surface area (Å²) in [5, 5.41) is 0. The van der Waals surface area contributed by atoms with Gasteiger partial charge in [0.25, 0.3) is 0 Å². The predicted octanol–water partition coefficient (Wildman–Crippen LogP) is 7.38. The standard InChI is InChI=1S/C28H50O4/c1-3-5-7-9-11-13-15-27-16-18-28(19-17-27)32-26-25-31-24-23-30-22-21-29-20-14-12-10-8-6-4-2/h16-19H,3-15,20-26H2,1-2H3. The van der Waals surface area contributed by atoms with Gasteiger partial charge in [0.1, 0.15) is 12.4 Å². The van der Waals surface area contributed by atoms with Gasteiger partial charge in [0.05, 0.1) is 33.0 Å². The summed E-state index contributed by atoms with van der Waals surface area (Å²) in [5.74, 6) is 0.916. The van der Waals surface area contributed by atoms with Crippen molar-refractivity contribution in [2.75, 3.05) is 46.2 Å². The lowest BCUT2D eigenvalue weighted by atomic mass is 10.0. The zero-order chi connectivity index (χ0) is 23.0. The highest BCUT2D eigenvalue weighted by Crippen LogP contribution is 2.15. The van der Waals surface area contributed by atoms with E-state index in [1.54, 1.807) is 0 Å². The second-order valence-corrected chi connectivity index (χ2v) is 8.62. The number of aryl methyl sites for hydroxylation is 1. The van der Waals surface area contributed by atoms with Crippen LogP contribution in [-0.2, 0) is 20.6 Å². The zero-order valence-electron chi connectivity index (χ0n) is 21.1. The SMILES string of the molecule is CCCCCCCCOCCOCCOCCOc1ccc(CCCCCCCC)cc1. The Morgan fingerprint density at radius 2 is 0.938 bits per heavy atom. The Morgan fingerprint density at radius 3 is 1.53 bits per heavy atom. The molecule has 0 N–H and O–H groups in total.